The molecule has 3 atom stereocenters. The van der Waals surface area contributed by atoms with Crippen LogP contribution < -0.4 is 5.32 Å². The molecule has 9 nitrogen and oxygen atoms in total. The number of esters is 1. The van der Waals surface area contributed by atoms with E-state index in [2.05, 4.69) is 123 Å². The zero-order chi connectivity index (χ0) is 63.5. The first-order valence-electron chi connectivity index (χ1n) is 36.2. The Morgan fingerprint density at radius 2 is 0.701 bits per heavy atom. The van der Waals surface area contributed by atoms with Crippen LogP contribution in [0.25, 0.3) is 0 Å². The van der Waals surface area contributed by atoms with Crippen LogP contribution in [0.2, 0.25) is 0 Å². The van der Waals surface area contributed by atoms with Crippen LogP contribution in [0.3, 0.4) is 0 Å². The minimum absolute atomic E-state index is 0.0328. The summed E-state index contributed by atoms with van der Waals surface area (Å²) >= 11 is 0. The van der Waals surface area contributed by atoms with E-state index in [-0.39, 0.29) is 31.5 Å². The van der Waals surface area contributed by atoms with Gasteiger partial charge in [0.05, 0.1) is 33.8 Å². The topological polar surface area (TPSA) is 111 Å². The quantitative estimate of drug-likeness (QED) is 0.0205. The minimum atomic E-state index is -4.46. The summed E-state index contributed by atoms with van der Waals surface area (Å²) in [6.45, 7) is 6.95. The van der Waals surface area contributed by atoms with Gasteiger partial charge in [-0.2, -0.15) is 0 Å². The molecule has 0 aromatic carbocycles. The number of carbonyl (C=O) groups is 2. The number of quaternary nitrogens is 1. The molecule has 0 rings (SSSR count). The van der Waals surface area contributed by atoms with E-state index >= 15 is 0 Å². The highest BCUT2D eigenvalue weighted by Crippen LogP contribution is 2.43. The van der Waals surface area contributed by atoms with Gasteiger partial charge in [-0.25, -0.2) is 4.57 Å². The molecule has 0 heterocycles. The number of nitrogens with one attached hydrogen (secondary N) is 1. The molecule has 3 unspecified atom stereocenters. The lowest BCUT2D eigenvalue weighted by Crippen LogP contribution is -2.47. The second kappa shape index (κ2) is 65.6. The van der Waals surface area contributed by atoms with Gasteiger partial charge in [0, 0.05) is 12.8 Å². The Balaban J connectivity index is 5.04. The number of phosphoric ester groups is 1. The minimum Gasteiger partial charge on any atom is -0.456 e. The van der Waals surface area contributed by atoms with Crippen LogP contribution in [0.4, 0.5) is 0 Å². The number of likely N-dealkylation sites (N-methyl/N-ethyl adjacent to an activating group) is 1. The largest absolute Gasteiger partial charge is 0.472 e. The van der Waals surface area contributed by atoms with E-state index < -0.39 is 20.0 Å². The maximum absolute atomic E-state index is 13.6. The molecular weight excluding hydrogens is 1100 g/mol. The van der Waals surface area contributed by atoms with Crippen molar-refractivity contribution in [2.45, 2.75) is 328 Å². The zero-order valence-electron chi connectivity index (χ0n) is 57.5. The molecule has 0 aromatic heterocycles. The molecular formula is C77H138N2O7P+. The molecule has 0 spiro atoms. The Kier molecular flexibility index (Phi) is 63.1. The summed E-state index contributed by atoms with van der Waals surface area (Å²) in [4.78, 5) is 37.9. The van der Waals surface area contributed by atoms with E-state index in [4.69, 9.17) is 13.8 Å². The number of phosphoric acid groups is 1. The number of nitrogens with zero attached hydrogens (tertiary/aromatic N) is 1. The third-order valence-electron chi connectivity index (χ3n) is 15.7. The number of carbonyl (C=O) groups excluding carboxylic acids is 2. The first kappa shape index (κ1) is 83.7. The number of rotatable bonds is 65. The number of amides is 1. The van der Waals surface area contributed by atoms with Gasteiger partial charge in [-0.1, -0.05) is 291 Å². The standard InChI is InChI=1S/C77H137N2O7P/c1-7-10-13-16-19-22-25-27-29-31-33-35-37-38-39-40-42-44-46-48-50-52-55-58-61-64-67-70-77(81)86-75(68-65-62-59-56-53-24-21-18-15-12-9-3)74(73-85-87(82,83)84-72-71-79(4,5)6)78-76(80)69-66-63-60-57-54-51-49-47-45-43-41-36-34-32-30-28-26-23-20-17-14-11-8-2/h19-20,22-23,27-30,33-36,38-39,43,45,65,68,74-75H,7-18,21,24-26,31-32,37,40-42,44,46-64,66-67,69-73H2,1-6H3,(H-,78,80,82,83)/p+1/b22-19-,23-20-,29-27-,30-28-,35-33-,36-34-,39-38-,45-43-,68-65+. The maximum Gasteiger partial charge on any atom is 0.472 e. The molecule has 10 heteroatoms. The fourth-order valence-electron chi connectivity index (χ4n) is 10.1. The molecule has 87 heavy (non-hydrogen) atoms. The van der Waals surface area contributed by atoms with Gasteiger partial charge >= 0.3 is 13.8 Å². The second-order valence-corrected chi connectivity index (χ2v) is 26.9. The lowest BCUT2D eigenvalue weighted by molar-refractivity contribution is -0.870. The zero-order valence-corrected chi connectivity index (χ0v) is 58.4. The number of unbranched alkanes of at least 4 members (excludes halogenated alkanes) is 33. The predicted molar refractivity (Wildman–Crippen MR) is 378 cm³/mol. The van der Waals surface area contributed by atoms with Crippen molar-refractivity contribution in [1.29, 1.82) is 0 Å². The van der Waals surface area contributed by atoms with Gasteiger partial charge in [-0.15, -0.1) is 0 Å². The van der Waals surface area contributed by atoms with Crippen LogP contribution in [-0.4, -0.2) is 74.3 Å². The first-order chi connectivity index (χ1) is 42.4. The van der Waals surface area contributed by atoms with Gasteiger partial charge in [0.1, 0.15) is 19.3 Å². The highest BCUT2D eigenvalue weighted by molar-refractivity contribution is 7.47. The number of hydrogen-bond donors (Lipinski definition) is 2. The fourth-order valence-corrected chi connectivity index (χ4v) is 10.8. The number of allylic oxidation sites excluding steroid dienone is 17. The summed E-state index contributed by atoms with van der Waals surface area (Å²) in [5.74, 6) is -0.520. The maximum atomic E-state index is 13.6. The summed E-state index contributed by atoms with van der Waals surface area (Å²) in [5, 5.41) is 3.06. The summed E-state index contributed by atoms with van der Waals surface area (Å²) in [6.07, 6.45) is 91.0. The molecule has 502 valence electrons. The molecule has 0 aliphatic heterocycles. The monoisotopic (exact) mass is 1230 g/mol. The number of ether oxygens (including phenoxy) is 1. The second-order valence-electron chi connectivity index (χ2n) is 25.4. The van der Waals surface area contributed by atoms with Crippen molar-refractivity contribution in [2.24, 2.45) is 0 Å². The van der Waals surface area contributed by atoms with Crippen molar-refractivity contribution in [3.63, 3.8) is 0 Å². The van der Waals surface area contributed by atoms with Crippen molar-refractivity contribution < 1.29 is 37.3 Å². The summed E-state index contributed by atoms with van der Waals surface area (Å²) in [7, 11) is 1.48. The van der Waals surface area contributed by atoms with Crippen molar-refractivity contribution in [1.82, 2.24) is 5.32 Å². The lowest BCUT2D eigenvalue weighted by Gasteiger charge is -2.27. The lowest BCUT2D eigenvalue weighted by atomic mass is 10.0. The summed E-state index contributed by atoms with van der Waals surface area (Å²) in [5.41, 5.74) is 0. The molecule has 1 amide bonds. The normalized spacial score (nSPS) is 14.1. The van der Waals surface area contributed by atoms with Crippen molar-refractivity contribution in [3.05, 3.63) is 109 Å². The Bertz CT molecular complexity index is 1860. The van der Waals surface area contributed by atoms with Gasteiger partial charge in [0.2, 0.25) is 5.91 Å². The van der Waals surface area contributed by atoms with E-state index in [9.17, 15) is 19.0 Å². The van der Waals surface area contributed by atoms with E-state index in [1.165, 1.54) is 173 Å². The highest BCUT2D eigenvalue weighted by atomic mass is 31.2. The van der Waals surface area contributed by atoms with Gasteiger partial charge < -0.3 is 19.4 Å². The van der Waals surface area contributed by atoms with E-state index in [0.717, 1.165) is 109 Å². The van der Waals surface area contributed by atoms with Crippen LogP contribution in [0.5, 0.6) is 0 Å². The van der Waals surface area contributed by atoms with E-state index in [1.54, 1.807) is 0 Å². The first-order valence-corrected chi connectivity index (χ1v) is 37.7. The molecule has 0 aliphatic rings. The summed E-state index contributed by atoms with van der Waals surface area (Å²) < 4.78 is 30.8. The van der Waals surface area contributed by atoms with Gasteiger partial charge in [0.25, 0.3) is 0 Å². The number of hydrogen-bond acceptors (Lipinski definition) is 6. The average molecular weight is 1230 g/mol. The molecule has 0 fully saturated rings. The molecule has 0 aromatic rings. The Morgan fingerprint density at radius 1 is 0.402 bits per heavy atom. The average Bonchev–Trinajstić information content (AvgIpc) is 3.70. The van der Waals surface area contributed by atoms with Crippen LogP contribution in [-0.2, 0) is 27.9 Å². The van der Waals surface area contributed by atoms with E-state index in [0.29, 0.717) is 17.4 Å². The van der Waals surface area contributed by atoms with Crippen LogP contribution in [0, 0.1) is 0 Å². The third-order valence-corrected chi connectivity index (χ3v) is 16.7. The molecule has 0 saturated carbocycles. The van der Waals surface area contributed by atoms with Crippen molar-refractivity contribution in [3.8, 4) is 0 Å². The molecule has 0 radical (unpaired) electrons. The van der Waals surface area contributed by atoms with Crippen LogP contribution >= 0.6 is 7.82 Å². The molecule has 0 bridgehead atoms. The van der Waals surface area contributed by atoms with Gasteiger partial charge in [-0.3, -0.25) is 18.6 Å². The third kappa shape index (κ3) is 66.9. The molecule has 0 saturated heterocycles. The Hall–Kier alpha value is -3.33. The smallest absolute Gasteiger partial charge is 0.456 e. The van der Waals surface area contributed by atoms with Gasteiger partial charge in [-0.05, 0) is 122 Å². The van der Waals surface area contributed by atoms with Crippen LogP contribution in [0.1, 0.15) is 316 Å². The fraction of sp³-hybridized carbons (Fsp3) is 0.740. The van der Waals surface area contributed by atoms with E-state index in [1.807, 2.05) is 33.3 Å². The molecule has 0 aliphatic carbocycles. The van der Waals surface area contributed by atoms with Gasteiger partial charge in [0.15, 0.2) is 0 Å². The van der Waals surface area contributed by atoms with Crippen molar-refractivity contribution in [2.75, 3.05) is 40.9 Å². The summed E-state index contributed by atoms with van der Waals surface area (Å²) in [6, 6.07) is -0.863. The Labute approximate surface area is 538 Å². The Morgan fingerprint density at radius 3 is 1.07 bits per heavy atom. The van der Waals surface area contributed by atoms with Crippen molar-refractivity contribution >= 4 is 19.7 Å². The highest BCUT2D eigenvalue weighted by Gasteiger charge is 2.30. The predicted octanol–water partition coefficient (Wildman–Crippen LogP) is 23.2. The molecule has 2 N–H and O–H groups in total. The SMILES string of the molecule is CCCCC/C=C\C/C=C\C/C=C\C/C=C\CCCCCCCCCCCCCC(=O)OC(/C=C/CCCCCCCCCCC)C(COP(=O)(O)OCC[N+](C)(C)C)NC(=O)CCCCCCCCC/C=C\C/C=C\C/C=C\C/C=C\CCCCC. The van der Waals surface area contributed by atoms with Crippen LogP contribution in [0.15, 0.2) is 109 Å².